The number of hydrogen-bond acceptors (Lipinski definition) is 10. The first-order valence-electron chi connectivity index (χ1n) is 10.1. The number of aliphatic hydroxyl groups is 5. The molecule has 0 radical (unpaired) electrons. The van der Waals surface area contributed by atoms with Crippen molar-refractivity contribution in [2.24, 2.45) is 17.6 Å². The number of nitrogens with two attached hydrogens (primary N) is 1. The summed E-state index contributed by atoms with van der Waals surface area (Å²) >= 11 is 0. The number of hydrogen-bond donors (Lipinski definition) is 7. The Bertz CT molecular complexity index is 1180. The van der Waals surface area contributed by atoms with Crippen LogP contribution < -0.4 is 5.73 Å². The number of ketones is 2. The average molecular weight is 460 g/mol. The van der Waals surface area contributed by atoms with Crippen LogP contribution in [0.3, 0.4) is 0 Å². The van der Waals surface area contributed by atoms with E-state index >= 15 is 0 Å². The number of rotatable bonds is 2. The fourth-order valence-electron chi connectivity index (χ4n) is 5.60. The standard InChI is InChI=1S/C22H24N2O9/c1-21(32)7-5-4-6-8(25)9(7)15(26)10-12(21)17(28)13-14(24(2)3)16(27)11(20(23)31)19(30)22(13,33)18(10)29/h4-6,12-14,17,25,27-29,32-33H,1-3H3,(H2,23,31)/t12?,13?,14?,17?,21-,22+/m1/s1. The van der Waals surface area contributed by atoms with E-state index in [4.69, 9.17) is 5.73 Å². The number of likely N-dealkylation sites (N-methyl/N-ethyl adjacent to an activating group) is 1. The first kappa shape index (κ1) is 22.9. The Balaban J connectivity index is 2.10. The van der Waals surface area contributed by atoms with Crippen molar-refractivity contribution >= 4 is 17.5 Å². The van der Waals surface area contributed by atoms with E-state index in [1.54, 1.807) is 0 Å². The average Bonchev–Trinajstić information content (AvgIpc) is 2.70. The highest BCUT2D eigenvalue weighted by molar-refractivity contribution is 6.25. The molecule has 0 heterocycles. The van der Waals surface area contributed by atoms with Crippen molar-refractivity contribution < 1.29 is 45.0 Å². The van der Waals surface area contributed by atoms with E-state index in [0.29, 0.717) is 0 Å². The van der Waals surface area contributed by atoms with E-state index in [1.807, 2.05) is 0 Å². The molecule has 33 heavy (non-hydrogen) atoms. The number of carbonyl (C=O) groups is 3. The van der Waals surface area contributed by atoms with Crippen LogP contribution in [0.25, 0.3) is 0 Å². The summed E-state index contributed by atoms with van der Waals surface area (Å²) in [5.74, 6) is -9.66. The quantitative estimate of drug-likeness (QED) is 0.262. The van der Waals surface area contributed by atoms with Gasteiger partial charge in [0.15, 0.2) is 11.4 Å². The largest absolute Gasteiger partial charge is 0.510 e. The Morgan fingerprint density at radius 3 is 2.27 bits per heavy atom. The molecule has 0 spiro atoms. The monoisotopic (exact) mass is 460 g/mol. The number of amides is 1. The highest BCUT2D eigenvalue weighted by Crippen LogP contribution is 2.56. The number of phenols is 1. The molecular formula is C22H24N2O9. The minimum atomic E-state index is -3.02. The summed E-state index contributed by atoms with van der Waals surface area (Å²) in [5, 5.41) is 66.5. The van der Waals surface area contributed by atoms with Crippen molar-refractivity contribution in [3.63, 3.8) is 0 Å². The third kappa shape index (κ3) is 2.61. The summed E-state index contributed by atoms with van der Waals surface area (Å²) in [6, 6.07) is 2.54. The van der Waals surface area contributed by atoms with Crippen LogP contribution in [-0.2, 0) is 15.2 Å². The van der Waals surface area contributed by atoms with Gasteiger partial charge in [-0.15, -0.1) is 0 Å². The third-order valence-corrected chi connectivity index (χ3v) is 7.04. The number of aromatic hydroxyl groups is 1. The van der Waals surface area contributed by atoms with Crippen molar-refractivity contribution in [2.75, 3.05) is 14.1 Å². The number of fused-ring (bicyclic) bond motifs is 3. The summed E-state index contributed by atoms with van der Waals surface area (Å²) in [6.45, 7) is 1.25. The molecule has 6 atom stereocenters. The third-order valence-electron chi connectivity index (χ3n) is 7.04. The molecule has 0 saturated carbocycles. The van der Waals surface area contributed by atoms with Crippen LogP contribution in [0.4, 0.5) is 0 Å². The molecule has 1 aromatic rings. The highest BCUT2D eigenvalue weighted by Gasteiger charge is 2.69. The lowest BCUT2D eigenvalue weighted by atomic mass is 9.54. The van der Waals surface area contributed by atoms with Crippen molar-refractivity contribution in [3.8, 4) is 5.75 Å². The second-order valence-electron chi connectivity index (χ2n) is 9.06. The summed E-state index contributed by atoms with van der Waals surface area (Å²) in [4.78, 5) is 39.8. The Morgan fingerprint density at radius 1 is 1.12 bits per heavy atom. The van der Waals surface area contributed by atoms with Gasteiger partial charge in [-0.3, -0.25) is 19.3 Å². The van der Waals surface area contributed by atoms with Crippen molar-refractivity contribution in [3.05, 3.63) is 52.0 Å². The molecule has 0 aromatic heterocycles. The fourth-order valence-corrected chi connectivity index (χ4v) is 5.60. The molecule has 0 saturated heterocycles. The molecule has 0 bridgehead atoms. The molecular weight excluding hydrogens is 436 g/mol. The molecule has 11 nitrogen and oxygen atoms in total. The number of Topliss-reactive ketones (excluding diaryl/α,β-unsaturated/α-hetero) is 2. The molecule has 1 amide bonds. The molecule has 176 valence electrons. The van der Waals surface area contributed by atoms with E-state index in [9.17, 15) is 45.0 Å². The minimum absolute atomic E-state index is 0.0281. The molecule has 1 aromatic carbocycles. The summed E-state index contributed by atoms with van der Waals surface area (Å²) < 4.78 is 0. The van der Waals surface area contributed by atoms with Crippen molar-refractivity contribution in [2.45, 2.75) is 30.3 Å². The second kappa shape index (κ2) is 6.87. The van der Waals surface area contributed by atoms with Gasteiger partial charge < -0.3 is 36.4 Å². The zero-order valence-electron chi connectivity index (χ0n) is 18.0. The van der Waals surface area contributed by atoms with Gasteiger partial charge in [-0.25, -0.2) is 0 Å². The van der Waals surface area contributed by atoms with Crippen LogP contribution in [0, 0.1) is 11.8 Å². The number of primary amides is 1. The Labute approximate surface area is 187 Å². The van der Waals surface area contributed by atoms with Gasteiger partial charge in [-0.2, -0.15) is 0 Å². The highest BCUT2D eigenvalue weighted by atomic mass is 16.4. The van der Waals surface area contributed by atoms with Gasteiger partial charge in [0, 0.05) is 0 Å². The maximum Gasteiger partial charge on any atom is 0.255 e. The van der Waals surface area contributed by atoms with Gasteiger partial charge in [0.1, 0.15) is 22.8 Å². The zero-order chi connectivity index (χ0) is 24.8. The van der Waals surface area contributed by atoms with E-state index < -0.39 is 81.1 Å². The molecule has 0 aliphatic heterocycles. The maximum atomic E-state index is 13.3. The SMILES string of the molecule is CN(C)C1C(O)=C(C(N)=O)C(=O)[C@@]2(O)C(O)=C3C(=O)c4c(O)cccc4[C@@](C)(O)C3C(O)C12. The molecule has 8 N–H and O–H groups in total. The van der Waals surface area contributed by atoms with Crippen LogP contribution in [0.5, 0.6) is 5.75 Å². The maximum absolute atomic E-state index is 13.3. The molecule has 3 aliphatic carbocycles. The lowest BCUT2D eigenvalue weighted by Gasteiger charge is -2.55. The number of aliphatic hydroxyl groups excluding tert-OH is 3. The Kier molecular flexibility index (Phi) is 4.78. The van der Waals surface area contributed by atoms with Crippen LogP contribution >= 0.6 is 0 Å². The van der Waals surface area contributed by atoms with Gasteiger partial charge in [0.2, 0.25) is 5.78 Å². The van der Waals surface area contributed by atoms with E-state index in [-0.39, 0.29) is 11.1 Å². The number of benzene rings is 1. The predicted molar refractivity (Wildman–Crippen MR) is 111 cm³/mol. The fraction of sp³-hybridized carbons (Fsp3) is 0.409. The topological polar surface area (TPSA) is 202 Å². The normalized spacial score (nSPS) is 36.0. The molecule has 0 fully saturated rings. The summed E-state index contributed by atoms with van der Waals surface area (Å²) in [7, 11) is 2.85. The van der Waals surface area contributed by atoms with Gasteiger partial charge in [-0.1, -0.05) is 12.1 Å². The van der Waals surface area contributed by atoms with E-state index in [1.165, 1.54) is 44.1 Å². The molecule has 3 aliphatic rings. The van der Waals surface area contributed by atoms with Crippen molar-refractivity contribution in [1.29, 1.82) is 0 Å². The van der Waals surface area contributed by atoms with Crippen LogP contribution in [-0.4, -0.2) is 84.9 Å². The zero-order valence-corrected chi connectivity index (χ0v) is 18.0. The van der Waals surface area contributed by atoms with E-state index in [2.05, 4.69) is 0 Å². The van der Waals surface area contributed by atoms with Gasteiger partial charge in [0.05, 0.1) is 40.7 Å². The molecule has 11 heteroatoms. The Hall–Kier alpha value is -3.25. The van der Waals surface area contributed by atoms with Gasteiger partial charge >= 0.3 is 0 Å². The number of carbonyl (C=O) groups excluding carboxylic acids is 3. The number of phenolic OH excluding ortho intramolecular Hbond substituents is 1. The second-order valence-corrected chi connectivity index (χ2v) is 9.06. The minimum Gasteiger partial charge on any atom is -0.510 e. The molecule has 4 unspecified atom stereocenters. The number of nitrogens with zero attached hydrogens (tertiary/aromatic N) is 1. The first-order chi connectivity index (χ1) is 15.2. The lowest BCUT2D eigenvalue weighted by Crippen LogP contribution is -2.70. The van der Waals surface area contributed by atoms with E-state index in [0.717, 1.165) is 0 Å². The van der Waals surface area contributed by atoms with Crippen LogP contribution in [0.2, 0.25) is 0 Å². The smallest absolute Gasteiger partial charge is 0.255 e. The van der Waals surface area contributed by atoms with Gasteiger partial charge in [0.25, 0.3) is 5.91 Å². The summed E-state index contributed by atoms with van der Waals surface area (Å²) in [5.41, 5.74) is -1.88. The lowest BCUT2D eigenvalue weighted by molar-refractivity contribution is -0.173. The molecule has 4 rings (SSSR count). The first-order valence-corrected chi connectivity index (χ1v) is 10.1. The van der Waals surface area contributed by atoms with Crippen LogP contribution in [0.15, 0.2) is 40.9 Å². The predicted octanol–water partition coefficient (Wildman–Crippen LogP) is -1.24. The van der Waals surface area contributed by atoms with Gasteiger partial charge in [-0.05, 0) is 32.6 Å². The van der Waals surface area contributed by atoms with Crippen molar-refractivity contribution in [1.82, 2.24) is 4.90 Å². The summed E-state index contributed by atoms with van der Waals surface area (Å²) in [6.07, 6.45) is -1.87. The van der Waals surface area contributed by atoms with Crippen LogP contribution in [0.1, 0.15) is 22.8 Å². The Morgan fingerprint density at radius 2 is 1.73 bits per heavy atom.